The van der Waals surface area contributed by atoms with Crippen LogP contribution in [0.5, 0.6) is 11.5 Å². The first-order valence-electron chi connectivity index (χ1n) is 3.73. The summed E-state index contributed by atoms with van der Waals surface area (Å²) in [5.41, 5.74) is 1.42. The Morgan fingerprint density at radius 1 is 1.54 bits per heavy atom. The number of ether oxygens (including phenoxy) is 2. The maximum atomic E-state index is 8.90. The van der Waals surface area contributed by atoms with Crippen molar-refractivity contribution in [2.45, 2.75) is 6.92 Å². The van der Waals surface area contributed by atoms with Gasteiger partial charge < -0.3 is 9.47 Å². The lowest BCUT2D eigenvalue weighted by Gasteiger charge is -2.04. The van der Waals surface area contributed by atoms with Gasteiger partial charge in [-0.1, -0.05) is 15.9 Å². The molecule has 2 rings (SSSR count). The molecule has 0 radical (unpaired) electrons. The van der Waals surface area contributed by atoms with E-state index in [2.05, 4.69) is 22.0 Å². The highest BCUT2D eigenvalue weighted by Gasteiger charge is 2.21. The Hall–Kier alpha value is -1.21. The monoisotopic (exact) mass is 239 g/mol. The Morgan fingerprint density at radius 3 is 3.00 bits per heavy atom. The van der Waals surface area contributed by atoms with Gasteiger partial charge in [0.05, 0.1) is 0 Å². The van der Waals surface area contributed by atoms with E-state index in [4.69, 9.17) is 14.7 Å². The first-order valence-corrected chi connectivity index (χ1v) is 4.52. The van der Waals surface area contributed by atoms with Crippen LogP contribution in [0.3, 0.4) is 0 Å². The Balaban J connectivity index is 2.73. The molecule has 0 atom stereocenters. The number of hydrogen-bond acceptors (Lipinski definition) is 3. The van der Waals surface area contributed by atoms with Crippen LogP contribution in [0.4, 0.5) is 0 Å². The molecule has 1 aromatic carbocycles. The molecule has 0 N–H and O–H groups in total. The number of hydrogen-bond donors (Lipinski definition) is 0. The van der Waals surface area contributed by atoms with Gasteiger partial charge in [0.25, 0.3) is 0 Å². The molecule has 13 heavy (non-hydrogen) atoms. The zero-order valence-corrected chi connectivity index (χ0v) is 8.51. The second-order valence-electron chi connectivity index (χ2n) is 2.70. The molecule has 1 aliphatic heterocycles. The first-order chi connectivity index (χ1) is 6.24. The molecule has 0 unspecified atom stereocenters. The van der Waals surface area contributed by atoms with Crippen LogP contribution in [-0.4, -0.2) is 6.79 Å². The highest BCUT2D eigenvalue weighted by atomic mass is 79.9. The second kappa shape index (κ2) is 2.93. The van der Waals surface area contributed by atoms with Crippen LogP contribution in [0.15, 0.2) is 10.5 Å². The summed E-state index contributed by atoms with van der Waals surface area (Å²) in [4.78, 5) is 0. The van der Waals surface area contributed by atoms with Crippen molar-refractivity contribution in [1.29, 1.82) is 5.26 Å². The molecule has 0 amide bonds. The Labute approximate surface area is 84.0 Å². The van der Waals surface area contributed by atoms with E-state index in [1.807, 2.05) is 13.0 Å². The summed E-state index contributed by atoms with van der Waals surface area (Å²) >= 11 is 3.35. The normalized spacial score (nSPS) is 12.7. The van der Waals surface area contributed by atoms with Crippen molar-refractivity contribution < 1.29 is 9.47 Å². The quantitative estimate of drug-likeness (QED) is 0.698. The smallest absolute Gasteiger partial charge is 0.231 e. The number of nitriles is 1. The summed E-state index contributed by atoms with van der Waals surface area (Å²) < 4.78 is 11.2. The number of rotatable bonds is 0. The number of halogens is 1. The molecule has 0 aliphatic carbocycles. The lowest BCUT2D eigenvalue weighted by Crippen LogP contribution is -1.94. The Bertz CT molecular complexity index is 409. The van der Waals surface area contributed by atoms with Crippen LogP contribution in [0.25, 0.3) is 0 Å². The second-order valence-corrected chi connectivity index (χ2v) is 3.56. The summed E-state index contributed by atoms with van der Waals surface area (Å²) in [6.07, 6.45) is 0. The molecule has 0 saturated heterocycles. The zero-order chi connectivity index (χ0) is 9.42. The van der Waals surface area contributed by atoms with E-state index >= 15 is 0 Å². The molecule has 66 valence electrons. The van der Waals surface area contributed by atoms with E-state index in [1.165, 1.54) is 0 Å². The van der Waals surface area contributed by atoms with Gasteiger partial charge in [-0.15, -0.1) is 0 Å². The van der Waals surface area contributed by atoms with Gasteiger partial charge in [-0.05, 0) is 18.6 Å². The molecule has 1 aliphatic rings. The maximum Gasteiger partial charge on any atom is 0.231 e. The van der Waals surface area contributed by atoms with Gasteiger partial charge in [-0.2, -0.15) is 5.26 Å². The average molecular weight is 240 g/mol. The van der Waals surface area contributed by atoms with Crippen molar-refractivity contribution in [3.05, 3.63) is 21.7 Å². The standard InChI is InChI=1S/C9H6BrNO2/c1-5-6(3-11)9-8(2-7(5)10)12-4-13-9/h2H,4H2,1H3. The van der Waals surface area contributed by atoms with Crippen molar-refractivity contribution in [3.8, 4) is 17.6 Å². The number of benzene rings is 1. The molecule has 0 fully saturated rings. The Kier molecular flexibility index (Phi) is 1.89. The zero-order valence-electron chi connectivity index (χ0n) is 6.93. The molecule has 0 saturated carbocycles. The third-order valence-corrected chi connectivity index (χ3v) is 2.80. The van der Waals surface area contributed by atoms with Gasteiger partial charge in [0.15, 0.2) is 11.5 Å². The van der Waals surface area contributed by atoms with Gasteiger partial charge in [0, 0.05) is 4.47 Å². The molecule has 1 aromatic rings. The van der Waals surface area contributed by atoms with Gasteiger partial charge in [-0.3, -0.25) is 0 Å². The summed E-state index contributed by atoms with van der Waals surface area (Å²) in [7, 11) is 0. The lowest BCUT2D eigenvalue weighted by molar-refractivity contribution is 0.173. The summed E-state index contributed by atoms with van der Waals surface area (Å²) in [5, 5.41) is 8.90. The van der Waals surface area contributed by atoms with Crippen molar-refractivity contribution >= 4 is 15.9 Å². The van der Waals surface area contributed by atoms with Crippen LogP contribution in [0.1, 0.15) is 11.1 Å². The fourth-order valence-corrected chi connectivity index (χ4v) is 1.64. The first kappa shape index (κ1) is 8.39. The summed E-state index contributed by atoms with van der Waals surface area (Å²) in [6, 6.07) is 3.92. The summed E-state index contributed by atoms with van der Waals surface area (Å²) in [5.74, 6) is 1.19. The third-order valence-electron chi connectivity index (χ3n) is 1.97. The number of nitrogens with zero attached hydrogens (tertiary/aromatic N) is 1. The molecule has 1 heterocycles. The Morgan fingerprint density at radius 2 is 2.31 bits per heavy atom. The van der Waals surface area contributed by atoms with Crippen molar-refractivity contribution in [2.75, 3.05) is 6.79 Å². The predicted octanol–water partition coefficient (Wildman–Crippen LogP) is 2.36. The van der Waals surface area contributed by atoms with Crippen molar-refractivity contribution in [3.63, 3.8) is 0 Å². The highest BCUT2D eigenvalue weighted by Crippen LogP contribution is 2.40. The fraction of sp³-hybridized carbons (Fsp3) is 0.222. The highest BCUT2D eigenvalue weighted by molar-refractivity contribution is 9.10. The van der Waals surface area contributed by atoms with Crippen LogP contribution in [-0.2, 0) is 0 Å². The van der Waals surface area contributed by atoms with E-state index < -0.39 is 0 Å². The molecule has 4 heteroatoms. The molecular formula is C9H6BrNO2. The molecule has 3 nitrogen and oxygen atoms in total. The molecule has 0 bridgehead atoms. The maximum absolute atomic E-state index is 8.90. The van der Waals surface area contributed by atoms with Gasteiger partial charge in [0.2, 0.25) is 6.79 Å². The number of fused-ring (bicyclic) bond motifs is 1. The third kappa shape index (κ3) is 1.16. The average Bonchev–Trinajstić information content (AvgIpc) is 2.54. The largest absolute Gasteiger partial charge is 0.454 e. The van der Waals surface area contributed by atoms with Gasteiger partial charge in [0.1, 0.15) is 11.6 Å². The van der Waals surface area contributed by atoms with Crippen molar-refractivity contribution in [1.82, 2.24) is 0 Å². The van der Waals surface area contributed by atoms with Gasteiger partial charge >= 0.3 is 0 Å². The van der Waals surface area contributed by atoms with E-state index in [1.54, 1.807) is 0 Å². The van der Waals surface area contributed by atoms with Crippen LogP contribution in [0, 0.1) is 18.3 Å². The topological polar surface area (TPSA) is 42.2 Å². The van der Waals surface area contributed by atoms with Gasteiger partial charge in [-0.25, -0.2) is 0 Å². The van der Waals surface area contributed by atoms with Crippen LogP contribution in [0.2, 0.25) is 0 Å². The van der Waals surface area contributed by atoms with Crippen molar-refractivity contribution in [2.24, 2.45) is 0 Å². The van der Waals surface area contributed by atoms with Crippen LogP contribution >= 0.6 is 15.9 Å². The minimum absolute atomic E-state index is 0.194. The van der Waals surface area contributed by atoms with Crippen LogP contribution < -0.4 is 9.47 Å². The van der Waals surface area contributed by atoms with E-state index in [9.17, 15) is 0 Å². The molecular weight excluding hydrogens is 234 g/mol. The lowest BCUT2D eigenvalue weighted by atomic mass is 10.1. The van der Waals surface area contributed by atoms with E-state index in [0.29, 0.717) is 17.1 Å². The minimum Gasteiger partial charge on any atom is -0.454 e. The molecule has 0 aromatic heterocycles. The SMILES string of the molecule is Cc1c(Br)cc2c(c1C#N)OCO2. The van der Waals surface area contributed by atoms with E-state index in [-0.39, 0.29) is 6.79 Å². The predicted molar refractivity (Wildman–Crippen MR) is 49.7 cm³/mol. The molecule has 0 spiro atoms. The fourth-order valence-electron chi connectivity index (χ4n) is 1.24. The summed E-state index contributed by atoms with van der Waals surface area (Å²) in [6.45, 7) is 2.06. The minimum atomic E-state index is 0.194. The van der Waals surface area contributed by atoms with E-state index in [0.717, 1.165) is 10.0 Å².